The Hall–Kier alpha value is -3.47. The summed E-state index contributed by atoms with van der Waals surface area (Å²) in [4.78, 5) is 25.6. The van der Waals surface area contributed by atoms with Crippen LogP contribution in [0.15, 0.2) is 42.2 Å². The Bertz CT molecular complexity index is 1250. The number of aryl methyl sites for hydroxylation is 2. The number of hydrogen-bond donors (Lipinski definition) is 1. The number of benzene rings is 1. The van der Waals surface area contributed by atoms with Crippen LogP contribution < -0.4 is 10.2 Å². The molecule has 0 fully saturated rings. The van der Waals surface area contributed by atoms with Crippen LogP contribution in [-0.4, -0.2) is 31.9 Å². The summed E-state index contributed by atoms with van der Waals surface area (Å²) in [5.74, 6) is -0.333. The monoisotopic (exact) mass is 447 g/mol. The Morgan fingerprint density at radius 1 is 1.29 bits per heavy atom. The number of amides is 1. The maximum Gasteiger partial charge on any atom is 0.573 e. The topological polar surface area (TPSA) is 81.9 Å². The van der Waals surface area contributed by atoms with Gasteiger partial charge in [0.15, 0.2) is 10.8 Å². The van der Waals surface area contributed by atoms with Crippen molar-refractivity contribution in [2.45, 2.75) is 26.6 Å². The van der Waals surface area contributed by atoms with Crippen molar-refractivity contribution < 1.29 is 22.7 Å². The van der Waals surface area contributed by atoms with E-state index in [0.29, 0.717) is 33.8 Å². The van der Waals surface area contributed by atoms with Crippen LogP contribution in [0.4, 0.5) is 13.2 Å². The van der Waals surface area contributed by atoms with E-state index < -0.39 is 12.3 Å². The molecule has 3 heterocycles. The third-order valence-electron chi connectivity index (χ3n) is 4.54. The Kier molecular flexibility index (Phi) is 5.36. The van der Waals surface area contributed by atoms with Crippen LogP contribution in [0.5, 0.6) is 5.75 Å². The van der Waals surface area contributed by atoms with Gasteiger partial charge in [0, 0.05) is 29.4 Å². The molecule has 0 atom stereocenters. The number of ether oxygens (including phenoxy) is 1. The highest BCUT2D eigenvalue weighted by Gasteiger charge is 2.31. The highest BCUT2D eigenvalue weighted by Crippen LogP contribution is 2.29. The molecule has 1 amide bonds. The van der Waals surface area contributed by atoms with Gasteiger partial charge in [-0.15, -0.1) is 24.5 Å². The lowest BCUT2D eigenvalue weighted by Crippen LogP contribution is -2.23. The Labute approximate surface area is 178 Å². The normalized spacial score (nSPS) is 11.6. The largest absolute Gasteiger partial charge is 0.573 e. The van der Waals surface area contributed by atoms with Crippen molar-refractivity contribution in [3.8, 4) is 16.6 Å². The van der Waals surface area contributed by atoms with E-state index in [-0.39, 0.29) is 11.3 Å². The number of carbonyl (C=O) groups is 1. The number of fused-ring (bicyclic) bond motifs is 1. The summed E-state index contributed by atoms with van der Waals surface area (Å²) >= 11 is 1.39. The molecule has 0 spiro atoms. The molecule has 7 nitrogen and oxygen atoms in total. The van der Waals surface area contributed by atoms with Gasteiger partial charge in [0.25, 0.3) is 5.91 Å². The number of nitrogens with zero attached hydrogens (tertiary/aromatic N) is 4. The fourth-order valence-corrected chi connectivity index (χ4v) is 3.72. The molecule has 0 aliphatic carbocycles. The van der Waals surface area contributed by atoms with Crippen molar-refractivity contribution in [3.63, 3.8) is 0 Å². The minimum Gasteiger partial charge on any atom is -0.406 e. The molecule has 0 saturated carbocycles. The molecule has 0 saturated heterocycles. The van der Waals surface area contributed by atoms with Gasteiger partial charge in [-0.3, -0.25) is 14.9 Å². The zero-order chi connectivity index (χ0) is 22.2. The molecule has 1 aromatic carbocycles. The molecule has 4 rings (SSSR count). The van der Waals surface area contributed by atoms with Gasteiger partial charge >= 0.3 is 6.36 Å². The van der Waals surface area contributed by atoms with Crippen LogP contribution in [0, 0.1) is 6.92 Å². The second-order valence-corrected chi connectivity index (χ2v) is 7.47. The zero-order valence-corrected chi connectivity index (χ0v) is 17.2. The van der Waals surface area contributed by atoms with Crippen molar-refractivity contribution in [3.05, 3.63) is 59.0 Å². The van der Waals surface area contributed by atoms with Crippen molar-refractivity contribution in [2.24, 2.45) is 0 Å². The molecule has 0 aliphatic heterocycles. The van der Waals surface area contributed by atoms with Crippen LogP contribution in [0.2, 0.25) is 0 Å². The first-order chi connectivity index (χ1) is 14.7. The second kappa shape index (κ2) is 7.99. The molecule has 160 valence electrons. The summed E-state index contributed by atoms with van der Waals surface area (Å²) in [6.07, 6.45) is 0.516. The third kappa shape index (κ3) is 4.36. The van der Waals surface area contributed by atoms with Gasteiger partial charge in [-0.25, -0.2) is 15.0 Å². The van der Waals surface area contributed by atoms with Gasteiger partial charge in [0.1, 0.15) is 5.75 Å². The Morgan fingerprint density at radius 2 is 2.10 bits per heavy atom. The highest BCUT2D eigenvalue weighted by molar-refractivity contribution is 7.13. The number of rotatable bonds is 5. The number of carbonyl (C=O) groups excluding carboxylic acids is 1. The van der Waals surface area contributed by atoms with E-state index in [2.05, 4.69) is 25.1 Å². The number of halogens is 3. The van der Waals surface area contributed by atoms with Crippen LogP contribution in [0.3, 0.4) is 0 Å². The van der Waals surface area contributed by atoms with E-state index in [9.17, 15) is 18.0 Å². The summed E-state index contributed by atoms with van der Waals surface area (Å²) in [7, 11) is 0. The predicted molar refractivity (Wildman–Crippen MR) is 110 cm³/mol. The summed E-state index contributed by atoms with van der Waals surface area (Å²) in [5, 5.41) is 3.01. The van der Waals surface area contributed by atoms with Crippen molar-refractivity contribution in [1.82, 2.24) is 19.6 Å². The SMILES string of the molecule is CCc1cn(NC(=O)c2cnc(-c3nccs3)nc2C)c2ccc(OC(F)(F)F)cc12. The van der Waals surface area contributed by atoms with E-state index in [1.54, 1.807) is 19.3 Å². The molecule has 3 aromatic heterocycles. The minimum absolute atomic E-state index is 0.275. The first-order valence-electron chi connectivity index (χ1n) is 9.19. The lowest BCUT2D eigenvalue weighted by Gasteiger charge is -2.11. The summed E-state index contributed by atoms with van der Waals surface area (Å²) in [5.41, 5.74) is 4.79. The van der Waals surface area contributed by atoms with Crippen molar-refractivity contribution in [1.29, 1.82) is 0 Å². The van der Waals surface area contributed by atoms with E-state index in [4.69, 9.17) is 0 Å². The smallest absolute Gasteiger partial charge is 0.406 e. The number of nitrogens with one attached hydrogen (secondary N) is 1. The van der Waals surface area contributed by atoms with Crippen molar-refractivity contribution >= 4 is 28.1 Å². The number of alkyl halides is 3. The molecular formula is C20H16F3N5O2S. The summed E-state index contributed by atoms with van der Waals surface area (Å²) in [6, 6.07) is 3.97. The van der Waals surface area contributed by atoms with Gasteiger partial charge in [-0.05, 0) is 37.1 Å². The Morgan fingerprint density at radius 3 is 2.74 bits per heavy atom. The van der Waals surface area contributed by atoms with Gasteiger partial charge in [-0.2, -0.15) is 0 Å². The molecule has 31 heavy (non-hydrogen) atoms. The van der Waals surface area contributed by atoms with Crippen molar-refractivity contribution in [2.75, 3.05) is 5.43 Å². The molecule has 11 heteroatoms. The maximum absolute atomic E-state index is 12.8. The molecular weight excluding hydrogens is 431 g/mol. The number of hydrogen-bond acceptors (Lipinski definition) is 6. The first kappa shape index (κ1) is 20.8. The van der Waals surface area contributed by atoms with Crippen LogP contribution in [0.1, 0.15) is 28.5 Å². The molecule has 0 unspecified atom stereocenters. The maximum atomic E-state index is 12.8. The fourth-order valence-electron chi connectivity index (χ4n) is 3.15. The molecule has 4 aromatic rings. The first-order valence-corrected chi connectivity index (χ1v) is 10.1. The van der Waals surface area contributed by atoms with Gasteiger partial charge in [-0.1, -0.05) is 6.92 Å². The zero-order valence-electron chi connectivity index (χ0n) is 16.4. The lowest BCUT2D eigenvalue weighted by molar-refractivity contribution is -0.274. The van der Waals surface area contributed by atoms with Gasteiger partial charge < -0.3 is 4.74 Å². The van der Waals surface area contributed by atoms with E-state index in [1.807, 2.05) is 12.3 Å². The Balaban J connectivity index is 1.63. The average Bonchev–Trinajstić information content (AvgIpc) is 3.35. The van der Waals surface area contributed by atoms with E-state index >= 15 is 0 Å². The second-order valence-electron chi connectivity index (χ2n) is 6.58. The van der Waals surface area contributed by atoms with Crippen LogP contribution in [0.25, 0.3) is 21.7 Å². The molecule has 1 N–H and O–H groups in total. The van der Waals surface area contributed by atoms with Gasteiger partial charge in [0.05, 0.1) is 16.8 Å². The van der Waals surface area contributed by atoms with E-state index in [0.717, 1.165) is 5.56 Å². The highest BCUT2D eigenvalue weighted by atomic mass is 32.1. The summed E-state index contributed by atoms with van der Waals surface area (Å²) < 4.78 is 43.1. The molecule has 0 radical (unpaired) electrons. The molecule has 0 aliphatic rings. The van der Waals surface area contributed by atoms with E-state index in [1.165, 1.54) is 40.4 Å². The molecule has 0 bridgehead atoms. The quantitative estimate of drug-likeness (QED) is 0.479. The average molecular weight is 447 g/mol. The lowest BCUT2D eigenvalue weighted by atomic mass is 10.1. The summed E-state index contributed by atoms with van der Waals surface area (Å²) in [6.45, 7) is 3.56. The third-order valence-corrected chi connectivity index (χ3v) is 5.31. The van der Waals surface area contributed by atoms with Gasteiger partial charge in [0.2, 0.25) is 0 Å². The minimum atomic E-state index is -4.78. The fraction of sp³-hybridized carbons (Fsp3) is 0.200. The standard InChI is InChI=1S/C20H16F3N5O2S/c1-3-12-10-28(16-5-4-13(8-14(12)16)30-20(21,22)23)27-18(29)15-9-25-17(26-11(15)2)19-24-6-7-31-19/h4-10H,3H2,1-2H3,(H,27,29). The predicted octanol–water partition coefficient (Wildman–Crippen LogP) is 4.71. The van der Waals surface area contributed by atoms with Crippen LogP contribution in [-0.2, 0) is 6.42 Å². The number of aromatic nitrogens is 4. The van der Waals surface area contributed by atoms with Crippen LogP contribution >= 0.6 is 11.3 Å². The number of thiazole rings is 1.